The molecule has 0 aliphatic carbocycles. The van der Waals surface area contributed by atoms with Gasteiger partial charge in [0, 0.05) is 11.1 Å². The van der Waals surface area contributed by atoms with E-state index in [1.54, 1.807) is 0 Å². The molecule has 0 N–H and O–H groups in total. The topological polar surface area (TPSA) is 26.3 Å². The van der Waals surface area contributed by atoms with Gasteiger partial charge in [-0.1, -0.05) is 11.6 Å². The SMILES string of the molecule is CC(=O)c1cc(Cl)cc(OC(F)(F)F)c1F. The summed E-state index contributed by atoms with van der Waals surface area (Å²) in [5.74, 6) is -3.24. The van der Waals surface area contributed by atoms with Crippen LogP contribution < -0.4 is 4.74 Å². The maximum Gasteiger partial charge on any atom is 0.573 e. The fourth-order valence-electron chi connectivity index (χ4n) is 1.02. The van der Waals surface area contributed by atoms with Gasteiger partial charge in [-0.3, -0.25) is 4.79 Å². The number of benzene rings is 1. The number of ketones is 1. The number of halogens is 5. The summed E-state index contributed by atoms with van der Waals surface area (Å²) < 4.78 is 52.3. The fourth-order valence-corrected chi connectivity index (χ4v) is 1.23. The first-order valence-electron chi connectivity index (χ1n) is 3.96. The van der Waals surface area contributed by atoms with Crippen LogP contribution in [0.2, 0.25) is 5.02 Å². The number of carbonyl (C=O) groups is 1. The zero-order valence-corrected chi connectivity index (χ0v) is 8.62. The van der Waals surface area contributed by atoms with Gasteiger partial charge in [0.05, 0.1) is 5.56 Å². The van der Waals surface area contributed by atoms with E-state index in [-0.39, 0.29) is 5.02 Å². The lowest BCUT2D eigenvalue weighted by Gasteiger charge is -2.11. The Morgan fingerprint density at radius 3 is 2.38 bits per heavy atom. The molecule has 1 rings (SSSR count). The number of hydrogen-bond acceptors (Lipinski definition) is 2. The van der Waals surface area contributed by atoms with Crippen molar-refractivity contribution in [2.45, 2.75) is 13.3 Å². The molecule has 0 amide bonds. The van der Waals surface area contributed by atoms with E-state index in [0.717, 1.165) is 13.0 Å². The Hall–Kier alpha value is -1.30. The highest BCUT2D eigenvalue weighted by Gasteiger charge is 2.33. The zero-order valence-electron chi connectivity index (χ0n) is 7.86. The van der Waals surface area contributed by atoms with Crippen LogP contribution in [0, 0.1) is 5.82 Å². The van der Waals surface area contributed by atoms with Crippen molar-refractivity contribution in [3.05, 3.63) is 28.5 Å². The summed E-state index contributed by atoms with van der Waals surface area (Å²) in [5.41, 5.74) is -0.549. The van der Waals surface area contributed by atoms with Crippen molar-refractivity contribution < 1.29 is 27.1 Å². The van der Waals surface area contributed by atoms with Crippen LogP contribution in [0.5, 0.6) is 5.75 Å². The summed E-state index contributed by atoms with van der Waals surface area (Å²) in [5, 5.41) is -0.217. The van der Waals surface area contributed by atoms with Gasteiger partial charge in [0.2, 0.25) is 0 Å². The Labute approximate surface area is 92.8 Å². The first kappa shape index (κ1) is 12.8. The molecule has 16 heavy (non-hydrogen) atoms. The number of rotatable bonds is 2. The maximum absolute atomic E-state index is 13.3. The highest BCUT2D eigenvalue weighted by atomic mass is 35.5. The number of hydrogen-bond donors (Lipinski definition) is 0. The number of Topliss-reactive ketones (excluding diaryl/α,β-unsaturated/α-hetero) is 1. The third kappa shape index (κ3) is 3.10. The summed E-state index contributed by atoms with van der Waals surface area (Å²) >= 11 is 5.43. The monoisotopic (exact) mass is 256 g/mol. The maximum atomic E-state index is 13.3. The average Bonchev–Trinajstić information content (AvgIpc) is 2.07. The number of ether oxygens (including phenoxy) is 1. The smallest absolute Gasteiger partial charge is 0.403 e. The van der Waals surface area contributed by atoms with Gasteiger partial charge >= 0.3 is 6.36 Å². The third-order valence-corrected chi connectivity index (χ3v) is 1.83. The van der Waals surface area contributed by atoms with Crippen LogP contribution in [0.4, 0.5) is 17.6 Å². The van der Waals surface area contributed by atoms with Gasteiger partial charge in [-0.2, -0.15) is 0 Å². The first-order chi connectivity index (χ1) is 7.20. The first-order valence-corrected chi connectivity index (χ1v) is 4.34. The van der Waals surface area contributed by atoms with Crippen molar-refractivity contribution in [1.29, 1.82) is 0 Å². The second-order valence-corrected chi connectivity index (χ2v) is 3.31. The van der Waals surface area contributed by atoms with Crippen molar-refractivity contribution >= 4 is 17.4 Å². The predicted molar refractivity (Wildman–Crippen MR) is 48.1 cm³/mol. The molecule has 88 valence electrons. The second kappa shape index (κ2) is 4.29. The Morgan fingerprint density at radius 1 is 1.38 bits per heavy atom. The van der Waals surface area contributed by atoms with Gasteiger partial charge in [-0.25, -0.2) is 4.39 Å². The fraction of sp³-hybridized carbons (Fsp3) is 0.222. The minimum Gasteiger partial charge on any atom is -0.403 e. The van der Waals surface area contributed by atoms with Crippen molar-refractivity contribution in [1.82, 2.24) is 0 Å². The summed E-state index contributed by atoms with van der Waals surface area (Å²) in [7, 11) is 0. The molecule has 0 saturated heterocycles. The van der Waals surface area contributed by atoms with Gasteiger partial charge in [0.15, 0.2) is 17.3 Å². The quantitative estimate of drug-likeness (QED) is 0.597. The van der Waals surface area contributed by atoms with E-state index in [9.17, 15) is 22.4 Å². The molecule has 0 aliphatic rings. The van der Waals surface area contributed by atoms with E-state index in [1.807, 2.05) is 0 Å². The lowest BCUT2D eigenvalue weighted by Crippen LogP contribution is -2.18. The largest absolute Gasteiger partial charge is 0.573 e. The lowest BCUT2D eigenvalue weighted by atomic mass is 10.1. The summed E-state index contributed by atoms with van der Waals surface area (Å²) in [4.78, 5) is 10.9. The van der Waals surface area contributed by atoms with Gasteiger partial charge in [0.1, 0.15) is 0 Å². The molecule has 0 saturated carbocycles. The van der Waals surface area contributed by atoms with Crippen molar-refractivity contribution in [2.75, 3.05) is 0 Å². The molecular formula is C9H5ClF4O2. The Kier molecular flexibility index (Phi) is 3.42. The molecule has 0 bridgehead atoms. The van der Waals surface area contributed by atoms with Gasteiger partial charge in [0.25, 0.3) is 0 Å². The molecule has 0 heterocycles. The number of alkyl halides is 3. The van der Waals surface area contributed by atoms with Crippen LogP contribution in [0.15, 0.2) is 12.1 Å². The number of carbonyl (C=O) groups excluding carboxylic acids is 1. The summed E-state index contributed by atoms with van der Waals surface area (Å²) in [6.45, 7) is 1.01. The molecule has 0 spiro atoms. The van der Waals surface area contributed by atoms with Crippen LogP contribution in [0.3, 0.4) is 0 Å². The highest BCUT2D eigenvalue weighted by Crippen LogP contribution is 2.30. The van der Waals surface area contributed by atoms with E-state index in [0.29, 0.717) is 6.07 Å². The molecule has 0 aliphatic heterocycles. The van der Waals surface area contributed by atoms with E-state index in [1.165, 1.54) is 0 Å². The molecule has 0 radical (unpaired) electrons. The molecule has 2 nitrogen and oxygen atoms in total. The van der Waals surface area contributed by atoms with Gasteiger partial charge < -0.3 is 4.74 Å². The molecule has 1 aromatic carbocycles. The van der Waals surface area contributed by atoms with Crippen LogP contribution >= 0.6 is 11.6 Å². The lowest BCUT2D eigenvalue weighted by molar-refractivity contribution is -0.275. The van der Waals surface area contributed by atoms with Crippen LogP contribution in [0.25, 0.3) is 0 Å². The standard InChI is InChI=1S/C9H5ClF4O2/c1-4(15)6-2-5(10)3-7(8(6)11)16-9(12,13)14/h2-3H,1H3. The van der Waals surface area contributed by atoms with Gasteiger partial charge in [-0.15, -0.1) is 13.2 Å². The zero-order chi connectivity index (χ0) is 12.5. The third-order valence-electron chi connectivity index (χ3n) is 1.61. The molecule has 0 unspecified atom stereocenters. The Morgan fingerprint density at radius 2 is 1.94 bits per heavy atom. The van der Waals surface area contributed by atoms with Crippen molar-refractivity contribution in [3.63, 3.8) is 0 Å². The Balaban J connectivity index is 3.25. The molecule has 1 aromatic rings. The second-order valence-electron chi connectivity index (χ2n) is 2.87. The summed E-state index contributed by atoms with van der Waals surface area (Å²) in [6.07, 6.45) is -5.04. The molecule has 0 atom stereocenters. The van der Waals surface area contributed by atoms with Crippen LogP contribution in [-0.2, 0) is 0 Å². The van der Waals surface area contributed by atoms with Crippen LogP contribution in [-0.4, -0.2) is 12.1 Å². The minimum absolute atomic E-state index is 0.217. The molecule has 0 fully saturated rings. The van der Waals surface area contributed by atoms with E-state index < -0.39 is 29.3 Å². The van der Waals surface area contributed by atoms with E-state index in [4.69, 9.17) is 11.6 Å². The summed E-state index contributed by atoms with van der Waals surface area (Å²) in [6, 6.07) is 1.58. The highest BCUT2D eigenvalue weighted by molar-refractivity contribution is 6.31. The van der Waals surface area contributed by atoms with Gasteiger partial charge in [-0.05, 0) is 13.0 Å². The normalized spacial score (nSPS) is 11.4. The van der Waals surface area contributed by atoms with E-state index in [2.05, 4.69) is 4.74 Å². The van der Waals surface area contributed by atoms with Crippen molar-refractivity contribution in [2.24, 2.45) is 0 Å². The van der Waals surface area contributed by atoms with E-state index >= 15 is 0 Å². The molecule has 0 aromatic heterocycles. The van der Waals surface area contributed by atoms with Crippen molar-refractivity contribution in [3.8, 4) is 5.75 Å². The minimum atomic E-state index is -5.04. The molecule has 7 heteroatoms. The molecular weight excluding hydrogens is 252 g/mol. The Bertz CT molecular complexity index is 428. The predicted octanol–water partition coefficient (Wildman–Crippen LogP) is 3.58. The van der Waals surface area contributed by atoms with Crippen LogP contribution in [0.1, 0.15) is 17.3 Å². The average molecular weight is 257 g/mol.